The Balaban J connectivity index is 2.56. The lowest BCUT2D eigenvalue weighted by Gasteiger charge is -2.20. The third-order valence-electron chi connectivity index (χ3n) is 3.36. The Labute approximate surface area is 106 Å². The second-order valence-corrected chi connectivity index (χ2v) is 4.42. The van der Waals surface area contributed by atoms with E-state index in [0.717, 1.165) is 32.6 Å². The zero-order valence-electron chi connectivity index (χ0n) is 11.7. The van der Waals surface area contributed by atoms with Crippen molar-refractivity contribution in [3.63, 3.8) is 0 Å². The van der Waals surface area contributed by atoms with Gasteiger partial charge in [-0.1, -0.05) is 39.0 Å². The van der Waals surface area contributed by atoms with E-state index in [2.05, 4.69) is 56.1 Å². The predicted octanol–water partition coefficient (Wildman–Crippen LogP) is 3.31. The lowest BCUT2D eigenvalue weighted by atomic mass is 10.1. The summed E-state index contributed by atoms with van der Waals surface area (Å²) >= 11 is 0. The van der Waals surface area contributed by atoms with Gasteiger partial charge in [0.1, 0.15) is 0 Å². The molecule has 1 aromatic rings. The highest BCUT2D eigenvalue weighted by Crippen LogP contribution is 2.20. The molecule has 0 aliphatic carbocycles. The number of likely N-dealkylation sites (N-methyl/N-ethyl adjacent to an activating group) is 1. The Bertz CT molecular complexity index is 330. The summed E-state index contributed by atoms with van der Waals surface area (Å²) in [7, 11) is 0. The zero-order valence-corrected chi connectivity index (χ0v) is 11.7. The fraction of sp³-hybridized carbons (Fsp3) is 0.600. The molecule has 0 atom stereocenters. The summed E-state index contributed by atoms with van der Waals surface area (Å²) in [6.45, 7) is 13.2. The SMILES string of the molecule is CCc1cccc(C)c1NCCN(CC)CC. The molecular formula is C15H26N2. The standard InChI is InChI=1S/C15H26N2/c1-5-14-10-8-9-13(4)15(14)16-11-12-17(6-2)7-3/h8-10,16H,5-7,11-12H2,1-4H3. The lowest BCUT2D eigenvalue weighted by Crippen LogP contribution is -2.28. The van der Waals surface area contributed by atoms with E-state index >= 15 is 0 Å². The van der Waals surface area contributed by atoms with Gasteiger partial charge in [0.2, 0.25) is 0 Å². The molecule has 0 heterocycles. The van der Waals surface area contributed by atoms with E-state index in [1.807, 2.05) is 0 Å². The van der Waals surface area contributed by atoms with E-state index in [4.69, 9.17) is 0 Å². The number of para-hydroxylation sites is 1. The van der Waals surface area contributed by atoms with Gasteiger partial charge < -0.3 is 10.2 Å². The van der Waals surface area contributed by atoms with Gasteiger partial charge in [-0.2, -0.15) is 0 Å². The number of aryl methyl sites for hydroxylation is 2. The van der Waals surface area contributed by atoms with Crippen LogP contribution in [0, 0.1) is 6.92 Å². The van der Waals surface area contributed by atoms with E-state index in [-0.39, 0.29) is 0 Å². The fourth-order valence-corrected chi connectivity index (χ4v) is 2.15. The Morgan fingerprint density at radius 3 is 2.41 bits per heavy atom. The number of nitrogens with one attached hydrogen (secondary N) is 1. The van der Waals surface area contributed by atoms with Crippen molar-refractivity contribution in [3.8, 4) is 0 Å². The molecule has 96 valence electrons. The molecule has 0 aliphatic rings. The number of hydrogen-bond donors (Lipinski definition) is 1. The molecule has 1 aromatic carbocycles. The van der Waals surface area contributed by atoms with Gasteiger partial charge in [0.05, 0.1) is 0 Å². The van der Waals surface area contributed by atoms with Crippen molar-refractivity contribution in [1.29, 1.82) is 0 Å². The predicted molar refractivity (Wildman–Crippen MR) is 76.8 cm³/mol. The van der Waals surface area contributed by atoms with E-state index in [9.17, 15) is 0 Å². The molecule has 17 heavy (non-hydrogen) atoms. The van der Waals surface area contributed by atoms with E-state index in [1.165, 1.54) is 16.8 Å². The van der Waals surface area contributed by atoms with Gasteiger partial charge in [0.15, 0.2) is 0 Å². The minimum absolute atomic E-state index is 1.03. The van der Waals surface area contributed by atoms with Crippen LogP contribution < -0.4 is 5.32 Å². The molecular weight excluding hydrogens is 208 g/mol. The van der Waals surface area contributed by atoms with Gasteiger partial charge in [0.25, 0.3) is 0 Å². The largest absolute Gasteiger partial charge is 0.383 e. The van der Waals surface area contributed by atoms with Crippen LogP contribution in [0.15, 0.2) is 18.2 Å². The molecule has 1 rings (SSSR count). The number of hydrogen-bond acceptors (Lipinski definition) is 2. The van der Waals surface area contributed by atoms with Crippen LogP contribution in [-0.2, 0) is 6.42 Å². The van der Waals surface area contributed by atoms with Crippen LogP contribution in [0.25, 0.3) is 0 Å². The first kappa shape index (κ1) is 14.0. The van der Waals surface area contributed by atoms with Crippen LogP contribution in [0.3, 0.4) is 0 Å². The Kier molecular flexibility index (Phi) is 6.06. The molecule has 0 bridgehead atoms. The average molecular weight is 234 g/mol. The summed E-state index contributed by atoms with van der Waals surface area (Å²) < 4.78 is 0. The Morgan fingerprint density at radius 1 is 1.12 bits per heavy atom. The minimum Gasteiger partial charge on any atom is -0.383 e. The molecule has 0 spiro atoms. The van der Waals surface area contributed by atoms with Crippen LogP contribution in [0.1, 0.15) is 31.9 Å². The number of benzene rings is 1. The molecule has 0 saturated heterocycles. The molecule has 0 aromatic heterocycles. The summed E-state index contributed by atoms with van der Waals surface area (Å²) in [6.07, 6.45) is 1.09. The number of nitrogens with zero attached hydrogens (tertiary/aromatic N) is 1. The second-order valence-electron chi connectivity index (χ2n) is 4.42. The summed E-state index contributed by atoms with van der Waals surface area (Å²) in [4.78, 5) is 2.44. The van der Waals surface area contributed by atoms with E-state index in [1.54, 1.807) is 0 Å². The molecule has 0 saturated carbocycles. The van der Waals surface area contributed by atoms with Crippen molar-refractivity contribution in [2.45, 2.75) is 34.1 Å². The molecule has 0 amide bonds. The summed E-state index contributed by atoms with van der Waals surface area (Å²) in [5.74, 6) is 0. The van der Waals surface area contributed by atoms with Crippen molar-refractivity contribution in [1.82, 2.24) is 4.90 Å². The lowest BCUT2D eigenvalue weighted by molar-refractivity contribution is 0.316. The maximum atomic E-state index is 3.59. The first-order valence-electron chi connectivity index (χ1n) is 6.77. The second kappa shape index (κ2) is 7.33. The van der Waals surface area contributed by atoms with Crippen LogP contribution in [0.2, 0.25) is 0 Å². The summed E-state index contributed by atoms with van der Waals surface area (Å²) in [5, 5.41) is 3.59. The van der Waals surface area contributed by atoms with Crippen LogP contribution >= 0.6 is 0 Å². The monoisotopic (exact) mass is 234 g/mol. The normalized spacial score (nSPS) is 10.9. The van der Waals surface area contributed by atoms with Crippen molar-refractivity contribution >= 4 is 5.69 Å². The topological polar surface area (TPSA) is 15.3 Å². The average Bonchev–Trinajstić information content (AvgIpc) is 2.36. The minimum atomic E-state index is 1.03. The van der Waals surface area contributed by atoms with Crippen LogP contribution in [-0.4, -0.2) is 31.1 Å². The molecule has 0 radical (unpaired) electrons. The molecule has 0 unspecified atom stereocenters. The number of rotatable bonds is 7. The molecule has 0 aliphatic heterocycles. The first-order valence-corrected chi connectivity index (χ1v) is 6.77. The van der Waals surface area contributed by atoms with Crippen molar-refractivity contribution in [2.75, 3.05) is 31.5 Å². The molecule has 0 fully saturated rings. The van der Waals surface area contributed by atoms with E-state index in [0.29, 0.717) is 0 Å². The van der Waals surface area contributed by atoms with Gasteiger partial charge in [-0.05, 0) is 37.6 Å². The highest BCUT2D eigenvalue weighted by atomic mass is 15.1. The van der Waals surface area contributed by atoms with Crippen LogP contribution in [0.4, 0.5) is 5.69 Å². The summed E-state index contributed by atoms with van der Waals surface area (Å²) in [6, 6.07) is 6.54. The first-order chi connectivity index (χ1) is 8.22. The van der Waals surface area contributed by atoms with E-state index < -0.39 is 0 Å². The highest BCUT2D eigenvalue weighted by molar-refractivity contribution is 5.57. The Morgan fingerprint density at radius 2 is 1.82 bits per heavy atom. The molecule has 2 nitrogen and oxygen atoms in total. The third-order valence-corrected chi connectivity index (χ3v) is 3.36. The van der Waals surface area contributed by atoms with Gasteiger partial charge in [-0.3, -0.25) is 0 Å². The zero-order chi connectivity index (χ0) is 12.7. The third kappa shape index (κ3) is 4.04. The molecule has 2 heteroatoms. The number of anilines is 1. The van der Waals surface area contributed by atoms with Crippen molar-refractivity contribution < 1.29 is 0 Å². The Hall–Kier alpha value is -1.02. The van der Waals surface area contributed by atoms with Crippen molar-refractivity contribution in [3.05, 3.63) is 29.3 Å². The molecule has 1 N–H and O–H groups in total. The fourth-order valence-electron chi connectivity index (χ4n) is 2.15. The maximum absolute atomic E-state index is 3.59. The maximum Gasteiger partial charge on any atom is 0.0402 e. The van der Waals surface area contributed by atoms with Gasteiger partial charge >= 0.3 is 0 Å². The van der Waals surface area contributed by atoms with Gasteiger partial charge in [0, 0.05) is 18.8 Å². The van der Waals surface area contributed by atoms with Crippen molar-refractivity contribution in [2.24, 2.45) is 0 Å². The smallest absolute Gasteiger partial charge is 0.0402 e. The quantitative estimate of drug-likeness (QED) is 0.778. The van der Waals surface area contributed by atoms with Gasteiger partial charge in [-0.15, -0.1) is 0 Å². The summed E-state index contributed by atoms with van der Waals surface area (Å²) in [5.41, 5.74) is 4.11. The van der Waals surface area contributed by atoms with Crippen LogP contribution in [0.5, 0.6) is 0 Å². The highest BCUT2D eigenvalue weighted by Gasteiger charge is 2.04. The van der Waals surface area contributed by atoms with Gasteiger partial charge in [-0.25, -0.2) is 0 Å².